The van der Waals surface area contributed by atoms with Crippen molar-refractivity contribution in [3.05, 3.63) is 63.5 Å². The zero-order chi connectivity index (χ0) is 13.9. The van der Waals surface area contributed by atoms with E-state index in [0.717, 1.165) is 21.2 Å². The molecule has 0 amide bonds. The molecular formula is C15H12N2O2S. The third-order valence-electron chi connectivity index (χ3n) is 2.93. The van der Waals surface area contributed by atoms with Crippen LogP contribution in [-0.2, 0) is 6.42 Å². The van der Waals surface area contributed by atoms with Crippen molar-refractivity contribution in [2.24, 2.45) is 0 Å². The van der Waals surface area contributed by atoms with Gasteiger partial charge < -0.3 is 4.74 Å². The fourth-order valence-electron chi connectivity index (χ4n) is 1.98. The van der Waals surface area contributed by atoms with E-state index in [4.69, 9.17) is 4.74 Å². The van der Waals surface area contributed by atoms with Gasteiger partial charge in [0.25, 0.3) is 5.56 Å². The number of fused-ring (bicyclic) bond motifs is 1. The number of hydrogen-bond acceptors (Lipinski definition) is 5. The van der Waals surface area contributed by atoms with Crippen molar-refractivity contribution in [1.82, 2.24) is 9.97 Å². The van der Waals surface area contributed by atoms with Gasteiger partial charge in [0.2, 0.25) is 0 Å². The zero-order valence-electron chi connectivity index (χ0n) is 10.9. The highest BCUT2D eigenvalue weighted by Crippen LogP contribution is 2.19. The van der Waals surface area contributed by atoms with E-state index in [0.29, 0.717) is 11.8 Å². The third kappa shape index (κ3) is 2.53. The Balaban J connectivity index is 2.00. The topological polar surface area (TPSA) is 52.1 Å². The van der Waals surface area contributed by atoms with E-state index in [1.807, 2.05) is 24.3 Å². The summed E-state index contributed by atoms with van der Waals surface area (Å²) in [5.41, 5.74) is 0.840. The van der Waals surface area contributed by atoms with Gasteiger partial charge in [-0.15, -0.1) is 0 Å². The van der Waals surface area contributed by atoms with E-state index < -0.39 is 0 Å². The summed E-state index contributed by atoms with van der Waals surface area (Å²) < 4.78 is 5.20. The average molecular weight is 284 g/mol. The summed E-state index contributed by atoms with van der Waals surface area (Å²) in [5.74, 6) is 0.800. The second-order valence-corrected chi connectivity index (χ2v) is 5.36. The molecule has 3 aromatic rings. The van der Waals surface area contributed by atoms with Crippen molar-refractivity contribution in [1.29, 1.82) is 0 Å². The quantitative estimate of drug-likeness (QED) is 0.742. The molecule has 2 aromatic heterocycles. The molecule has 20 heavy (non-hydrogen) atoms. The molecule has 2 heterocycles. The first-order valence-electron chi connectivity index (χ1n) is 6.14. The summed E-state index contributed by atoms with van der Waals surface area (Å²) in [6, 6.07) is 11.3. The second kappa shape index (κ2) is 5.38. The Kier molecular flexibility index (Phi) is 3.43. The van der Waals surface area contributed by atoms with Gasteiger partial charge in [-0.25, -0.2) is 9.97 Å². The maximum absolute atomic E-state index is 11.9. The van der Waals surface area contributed by atoms with Gasteiger partial charge in [0.15, 0.2) is 0 Å². The molecule has 1 aromatic carbocycles. The van der Waals surface area contributed by atoms with Gasteiger partial charge in [0.1, 0.15) is 15.6 Å². The predicted octanol–water partition coefficient (Wildman–Crippen LogP) is 2.65. The van der Waals surface area contributed by atoms with Crippen molar-refractivity contribution >= 4 is 21.6 Å². The fraction of sp³-hybridized carbons (Fsp3) is 0.133. The van der Waals surface area contributed by atoms with E-state index in [1.165, 1.54) is 11.3 Å². The fourth-order valence-corrected chi connectivity index (χ4v) is 2.94. The minimum absolute atomic E-state index is 0.218. The Morgan fingerprint density at radius 1 is 1.25 bits per heavy atom. The molecule has 0 unspecified atom stereocenters. The lowest BCUT2D eigenvalue weighted by atomic mass is 10.1. The molecule has 0 N–H and O–H groups in total. The molecule has 0 saturated heterocycles. The zero-order valence-corrected chi connectivity index (χ0v) is 11.7. The van der Waals surface area contributed by atoms with E-state index in [2.05, 4.69) is 9.97 Å². The first-order chi connectivity index (χ1) is 9.76. The predicted molar refractivity (Wildman–Crippen MR) is 79.5 cm³/mol. The smallest absolute Gasteiger partial charge is 0.281 e. The Labute approximate surface area is 119 Å². The van der Waals surface area contributed by atoms with Crippen LogP contribution in [0.25, 0.3) is 10.2 Å². The van der Waals surface area contributed by atoms with Crippen molar-refractivity contribution in [3.8, 4) is 5.75 Å². The highest BCUT2D eigenvalue weighted by atomic mass is 32.1. The molecule has 0 radical (unpaired) electrons. The van der Waals surface area contributed by atoms with Gasteiger partial charge in [-0.1, -0.05) is 23.5 Å². The maximum Gasteiger partial charge on any atom is 0.281 e. The Bertz CT molecular complexity index is 814. The Morgan fingerprint density at radius 3 is 3.00 bits per heavy atom. The average Bonchev–Trinajstić information content (AvgIpc) is 2.47. The van der Waals surface area contributed by atoms with Crippen molar-refractivity contribution in [2.45, 2.75) is 6.42 Å². The molecule has 3 rings (SSSR count). The molecule has 0 aliphatic carbocycles. The highest BCUT2D eigenvalue weighted by Gasteiger charge is 2.06. The van der Waals surface area contributed by atoms with Crippen LogP contribution in [-0.4, -0.2) is 17.1 Å². The molecule has 0 bridgehead atoms. The minimum atomic E-state index is -0.218. The molecule has 100 valence electrons. The van der Waals surface area contributed by atoms with Crippen LogP contribution in [0, 0.1) is 0 Å². The first kappa shape index (κ1) is 12.7. The summed E-state index contributed by atoms with van der Waals surface area (Å²) in [5, 5.41) is 1.33. The lowest BCUT2D eigenvalue weighted by Gasteiger charge is -2.04. The molecular weight excluding hydrogens is 272 g/mol. The summed E-state index contributed by atoms with van der Waals surface area (Å²) in [6.07, 6.45) is 2.29. The van der Waals surface area contributed by atoms with Crippen LogP contribution in [0.4, 0.5) is 0 Å². The van der Waals surface area contributed by atoms with Crippen LogP contribution >= 0.6 is 11.3 Å². The molecule has 5 heteroatoms. The Morgan fingerprint density at radius 2 is 2.15 bits per heavy atom. The van der Waals surface area contributed by atoms with Crippen LogP contribution in [0.15, 0.2) is 47.4 Å². The summed E-state index contributed by atoms with van der Waals surface area (Å²) in [6.45, 7) is 0. The van der Waals surface area contributed by atoms with E-state index in [9.17, 15) is 4.79 Å². The van der Waals surface area contributed by atoms with Gasteiger partial charge in [-0.05, 0) is 29.8 Å². The molecule has 0 spiro atoms. The number of benzene rings is 1. The minimum Gasteiger partial charge on any atom is -0.497 e. The number of rotatable bonds is 3. The normalized spacial score (nSPS) is 10.7. The van der Waals surface area contributed by atoms with Crippen LogP contribution < -0.4 is 10.3 Å². The largest absolute Gasteiger partial charge is 0.497 e. The van der Waals surface area contributed by atoms with Gasteiger partial charge >= 0.3 is 0 Å². The molecule has 0 aliphatic rings. The van der Waals surface area contributed by atoms with Crippen LogP contribution in [0.2, 0.25) is 0 Å². The lowest BCUT2D eigenvalue weighted by molar-refractivity contribution is 0.414. The lowest BCUT2D eigenvalue weighted by Crippen LogP contribution is -2.08. The monoisotopic (exact) mass is 284 g/mol. The number of aromatic nitrogens is 2. The Hall–Kier alpha value is -2.27. The molecule has 0 atom stereocenters. The second-order valence-electron chi connectivity index (χ2n) is 4.30. The van der Waals surface area contributed by atoms with Crippen LogP contribution in [0.1, 0.15) is 10.6 Å². The first-order valence-corrected chi connectivity index (χ1v) is 6.95. The van der Waals surface area contributed by atoms with Gasteiger partial charge in [-0.2, -0.15) is 0 Å². The molecule has 0 aliphatic heterocycles. The number of methoxy groups -OCH3 is 1. The summed E-state index contributed by atoms with van der Waals surface area (Å²) >= 11 is 1.45. The SMILES string of the molecule is COc1cccc(Cc2nc(=O)c3cccnc3s2)c1. The molecule has 0 fully saturated rings. The van der Waals surface area contributed by atoms with Crippen molar-refractivity contribution in [2.75, 3.05) is 7.11 Å². The van der Waals surface area contributed by atoms with Crippen LogP contribution in [0.3, 0.4) is 0 Å². The molecule has 4 nitrogen and oxygen atoms in total. The number of nitrogens with zero attached hydrogens (tertiary/aromatic N) is 2. The van der Waals surface area contributed by atoms with Crippen molar-refractivity contribution < 1.29 is 4.74 Å². The third-order valence-corrected chi connectivity index (χ3v) is 3.92. The standard InChI is InChI=1S/C15H12N2O2S/c1-19-11-5-2-4-10(8-11)9-13-17-14(18)12-6-3-7-16-15(12)20-13/h2-8H,9H2,1H3. The van der Waals surface area contributed by atoms with Gasteiger partial charge in [0.05, 0.1) is 12.5 Å². The number of pyridine rings is 1. The van der Waals surface area contributed by atoms with Gasteiger partial charge in [-0.3, -0.25) is 4.79 Å². The highest BCUT2D eigenvalue weighted by molar-refractivity contribution is 7.17. The summed E-state index contributed by atoms with van der Waals surface area (Å²) in [7, 11) is 1.63. The van der Waals surface area contributed by atoms with E-state index >= 15 is 0 Å². The van der Waals surface area contributed by atoms with Crippen LogP contribution in [0.5, 0.6) is 5.75 Å². The molecule has 0 saturated carbocycles. The van der Waals surface area contributed by atoms with E-state index in [1.54, 1.807) is 25.4 Å². The van der Waals surface area contributed by atoms with Gasteiger partial charge in [0, 0.05) is 12.6 Å². The summed E-state index contributed by atoms with van der Waals surface area (Å²) in [4.78, 5) is 21.0. The van der Waals surface area contributed by atoms with Crippen molar-refractivity contribution in [3.63, 3.8) is 0 Å². The maximum atomic E-state index is 11.9. The number of hydrogen-bond donors (Lipinski definition) is 0. The van der Waals surface area contributed by atoms with E-state index in [-0.39, 0.29) is 5.56 Å². The number of ether oxygens (including phenoxy) is 1.